The average Bonchev–Trinajstić information content (AvgIpc) is 2.37. The zero-order valence-corrected chi connectivity index (χ0v) is 12.2. The summed E-state index contributed by atoms with van der Waals surface area (Å²) in [6.45, 7) is 2.82. The zero-order valence-electron chi connectivity index (χ0n) is 12.2. The number of hydrogen-bond donors (Lipinski definition) is 3. The third kappa shape index (κ3) is 3.37. The van der Waals surface area contributed by atoms with Crippen LogP contribution in [-0.4, -0.2) is 47.8 Å². The van der Waals surface area contributed by atoms with Gasteiger partial charge in [-0.15, -0.1) is 0 Å². The molecule has 20 heavy (non-hydrogen) atoms. The Morgan fingerprint density at radius 1 is 1.35 bits per heavy atom. The molecule has 0 aliphatic carbocycles. The summed E-state index contributed by atoms with van der Waals surface area (Å²) < 4.78 is 0. The first-order valence-electron chi connectivity index (χ1n) is 6.62. The second kappa shape index (κ2) is 5.64. The molecule has 108 valence electrons. The van der Waals surface area contributed by atoms with Crippen LogP contribution < -0.4 is 11.1 Å². The number of nitrogens with two attached hydrogens (primary N) is 1. The molecule has 1 heterocycles. The highest BCUT2D eigenvalue weighted by atomic mass is 16.3. The van der Waals surface area contributed by atoms with Crippen LogP contribution in [0.25, 0.3) is 10.8 Å². The van der Waals surface area contributed by atoms with Crippen molar-refractivity contribution in [3.63, 3.8) is 0 Å². The summed E-state index contributed by atoms with van der Waals surface area (Å²) >= 11 is 0. The van der Waals surface area contributed by atoms with Gasteiger partial charge in [-0.3, -0.25) is 4.98 Å². The van der Waals surface area contributed by atoms with Gasteiger partial charge in [0.15, 0.2) is 0 Å². The largest absolute Gasteiger partial charge is 0.397 e. The van der Waals surface area contributed by atoms with Crippen molar-refractivity contribution in [1.29, 1.82) is 0 Å². The molecule has 1 unspecified atom stereocenters. The summed E-state index contributed by atoms with van der Waals surface area (Å²) in [6, 6.07) is 5.79. The van der Waals surface area contributed by atoms with E-state index in [0.29, 0.717) is 18.8 Å². The fraction of sp³-hybridized carbons (Fsp3) is 0.400. The van der Waals surface area contributed by atoms with Crippen LogP contribution in [0.1, 0.15) is 6.92 Å². The minimum absolute atomic E-state index is 0.436. The van der Waals surface area contributed by atoms with Gasteiger partial charge < -0.3 is 21.1 Å². The van der Waals surface area contributed by atoms with Gasteiger partial charge in [-0.25, -0.2) is 0 Å². The summed E-state index contributed by atoms with van der Waals surface area (Å²) in [5.74, 6) is 0. The van der Waals surface area contributed by atoms with Crippen molar-refractivity contribution in [3.8, 4) is 0 Å². The number of aromatic nitrogens is 1. The van der Waals surface area contributed by atoms with E-state index in [-0.39, 0.29) is 0 Å². The van der Waals surface area contributed by atoms with Gasteiger partial charge in [-0.05, 0) is 33.2 Å². The number of nitrogens with one attached hydrogen (secondary N) is 1. The van der Waals surface area contributed by atoms with Crippen LogP contribution in [0.3, 0.4) is 0 Å². The normalized spacial score (nSPS) is 14.4. The number of anilines is 2. The van der Waals surface area contributed by atoms with Crippen LogP contribution in [0, 0.1) is 0 Å². The molecule has 2 rings (SSSR count). The molecule has 5 nitrogen and oxygen atoms in total. The first-order valence-corrected chi connectivity index (χ1v) is 6.62. The monoisotopic (exact) mass is 274 g/mol. The number of likely N-dealkylation sites (N-methyl/N-ethyl adjacent to an activating group) is 1. The van der Waals surface area contributed by atoms with Crippen molar-refractivity contribution in [3.05, 3.63) is 30.6 Å². The molecule has 0 aliphatic heterocycles. The number of aliphatic hydroxyl groups is 1. The predicted molar refractivity (Wildman–Crippen MR) is 83.8 cm³/mol. The number of nitrogens with zero attached hydrogens (tertiary/aromatic N) is 2. The van der Waals surface area contributed by atoms with E-state index in [2.05, 4.69) is 10.3 Å². The molecule has 0 aliphatic rings. The van der Waals surface area contributed by atoms with Crippen molar-refractivity contribution in [2.24, 2.45) is 0 Å². The van der Waals surface area contributed by atoms with Gasteiger partial charge in [0.2, 0.25) is 0 Å². The Bertz CT molecular complexity index is 595. The van der Waals surface area contributed by atoms with E-state index in [1.165, 1.54) is 0 Å². The number of rotatable bonds is 5. The van der Waals surface area contributed by atoms with Gasteiger partial charge in [0.05, 0.1) is 17.0 Å². The molecule has 0 saturated heterocycles. The first-order chi connectivity index (χ1) is 9.39. The molecule has 0 spiro atoms. The minimum atomic E-state index is -0.816. The SMILES string of the molecule is CN(C)CC(C)(O)CNc1ccc2cnccc2c1N. The number of benzene rings is 1. The molecule has 1 aromatic carbocycles. The maximum atomic E-state index is 10.3. The van der Waals surface area contributed by atoms with Crippen molar-refractivity contribution in [2.75, 3.05) is 38.2 Å². The molecule has 0 radical (unpaired) electrons. The van der Waals surface area contributed by atoms with Gasteiger partial charge in [0.1, 0.15) is 0 Å². The Morgan fingerprint density at radius 2 is 2.10 bits per heavy atom. The van der Waals surface area contributed by atoms with E-state index in [0.717, 1.165) is 16.5 Å². The van der Waals surface area contributed by atoms with E-state index in [4.69, 9.17) is 5.73 Å². The van der Waals surface area contributed by atoms with E-state index < -0.39 is 5.60 Å². The lowest BCUT2D eigenvalue weighted by molar-refractivity contribution is 0.0460. The first kappa shape index (κ1) is 14.6. The number of hydrogen-bond acceptors (Lipinski definition) is 5. The summed E-state index contributed by atoms with van der Waals surface area (Å²) in [7, 11) is 3.87. The summed E-state index contributed by atoms with van der Waals surface area (Å²) in [4.78, 5) is 6.04. The van der Waals surface area contributed by atoms with Gasteiger partial charge in [0, 0.05) is 36.3 Å². The van der Waals surface area contributed by atoms with Gasteiger partial charge in [-0.1, -0.05) is 6.07 Å². The highest BCUT2D eigenvalue weighted by Gasteiger charge is 2.21. The molecule has 1 aromatic heterocycles. The summed E-state index contributed by atoms with van der Waals surface area (Å²) in [5, 5.41) is 15.5. The number of fused-ring (bicyclic) bond motifs is 1. The molecule has 4 N–H and O–H groups in total. The average molecular weight is 274 g/mol. The van der Waals surface area contributed by atoms with Crippen LogP contribution in [0.5, 0.6) is 0 Å². The molecule has 0 saturated carbocycles. The fourth-order valence-electron chi connectivity index (χ4n) is 2.37. The van der Waals surface area contributed by atoms with E-state index in [1.54, 1.807) is 19.3 Å². The standard InChI is InChI=1S/C15H22N4O/c1-15(20,10-19(2)3)9-18-13-5-4-11-8-17-7-6-12(11)14(13)16/h4-8,18,20H,9-10,16H2,1-3H3. The molecular formula is C15H22N4O. The van der Waals surface area contributed by atoms with Gasteiger partial charge in [-0.2, -0.15) is 0 Å². The molecule has 2 aromatic rings. The molecule has 0 amide bonds. The van der Waals surface area contributed by atoms with Crippen molar-refractivity contribution >= 4 is 22.1 Å². The zero-order chi connectivity index (χ0) is 14.8. The number of nitrogen functional groups attached to an aromatic ring is 1. The lowest BCUT2D eigenvalue weighted by Gasteiger charge is -2.28. The second-order valence-electron chi connectivity index (χ2n) is 5.71. The van der Waals surface area contributed by atoms with Crippen LogP contribution in [0.4, 0.5) is 11.4 Å². The highest BCUT2D eigenvalue weighted by Crippen LogP contribution is 2.28. The lowest BCUT2D eigenvalue weighted by Crippen LogP contribution is -2.43. The van der Waals surface area contributed by atoms with Crippen molar-refractivity contribution < 1.29 is 5.11 Å². The topological polar surface area (TPSA) is 74.4 Å². The van der Waals surface area contributed by atoms with Crippen molar-refractivity contribution in [2.45, 2.75) is 12.5 Å². The van der Waals surface area contributed by atoms with Gasteiger partial charge >= 0.3 is 0 Å². The molecule has 0 bridgehead atoms. The van der Waals surface area contributed by atoms with E-state index in [9.17, 15) is 5.11 Å². The van der Waals surface area contributed by atoms with Crippen LogP contribution in [0.15, 0.2) is 30.6 Å². The van der Waals surface area contributed by atoms with Crippen molar-refractivity contribution in [1.82, 2.24) is 9.88 Å². The van der Waals surface area contributed by atoms with E-state index in [1.807, 2.05) is 37.2 Å². The highest BCUT2D eigenvalue weighted by molar-refractivity contribution is 5.98. The van der Waals surface area contributed by atoms with E-state index >= 15 is 0 Å². The van der Waals surface area contributed by atoms with Crippen LogP contribution in [-0.2, 0) is 0 Å². The van der Waals surface area contributed by atoms with Crippen LogP contribution >= 0.6 is 0 Å². The minimum Gasteiger partial charge on any atom is -0.397 e. The summed E-state index contributed by atoms with van der Waals surface area (Å²) in [5.41, 5.74) is 6.87. The Balaban J connectivity index is 2.16. The fourth-order valence-corrected chi connectivity index (χ4v) is 2.37. The van der Waals surface area contributed by atoms with Gasteiger partial charge in [0.25, 0.3) is 0 Å². The molecule has 1 atom stereocenters. The smallest absolute Gasteiger partial charge is 0.0917 e. The van der Waals surface area contributed by atoms with Crippen LogP contribution in [0.2, 0.25) is 0 Å². The lowest BCUT2D eigenvalue weighted by atomic mass is 10.1. The maximum Gasteiger partial charge on any atom is 0.0917 e. The predicted octanol–water partition coefficient (Wildman–Crippen LogP) is 1.54. The molecule has 5 heteroatoms. The third-order valence-electron chi connectivity index (χ3n) is 3.18. The Hall–Kier alpha value is -1.85. The quantitative estimate of drug-likeness (QED) is 0.721. The Labute approximate surface area is 119 Å². The number of pyridine rings is 1. The second-order valence-corrected chi connectivity index (χ2v) is 5.71. The third-order valence-corrected chi connectivity index (χ3v) is 3.18. The maximum absolute atomic E-state index is 10.3. The Morgan fingerprint density at radius 3 is 2.80 bits per heavy atom. The molecular weight excluding hydrogens is 252 g/mol. The Kier molecular flexibility index (Phi) is 4.11. The molecule has 0 fully saturated rings. The summed E-state index contributed by atoms with van der Waals surface area (Å²) in [6.07, 6.45) is 3.52.